The number of anilines is 1. The van der Waals surface area contributed by atoms with Gasteiger partial charge in [0.25, 0.3) is 0 Å². The van der Waals surface area contributed by atoms with Crippen LogP contribution in [0, 0.1) is 5.92 Å². The van der Waals surface area contributed by atoms with Gasteiger partial charge in [-0.1, -0.05) is 15.9 Å². The second kappa shape index (κ2) is 6.41. The number of sulfonamides is 1. The van der Waals surface area contributed by atoms with Crippen LogP contribution in [0.5, 0.6) is 0 Å². The third kappa shape index (κ3) is 3.32. The van der Waals surface area contributed by atoms with Crippen molar-refractivity contribution in [2.24, 2.45) is 5.92 Å². The lowest BCUT2D eigenvalue weighted by atomic mass is 10.1. The molecule has 112 valence electrons. The highest BCUT2D eigenvalue weighted by atomic mass is 79.9. The minimum atomic E-state index is -3.39. The summed E-state index contributed by atoms with van der Waals surface area (Å²) in [5, 5.41) is 1.03. The number of aromatic nitrogens is 1. The van der Waals surface area contributed by atoms with Crippen molar-refractivity contribution in [2.45, 2.75) is 17.7 Å². The van der Waals surface area contributed by atoms with E-state index in [4.69, 9.17) is 0 Å². The van der Waals surface area contributed by atoms with Crippen LogP contribution < -0.4 is 4.90 Å². The smallest absolute Gasteiger partial charge is 0.244 e. The van der Waals surface area contributed by atoms with Crippen molar-refractivity contribution in [3.05, 3.63) is 18.3 Å². The first-order valence-corrected chi connectivity index (χ1v) is 9.21. The van der Waals surface area contributed by atoms with Crippen LogP contribution >= 0.6 is 15.9 Å². The number of halogens is 1. The summed E-state index contributed by atoms with van der Waals surface area (Å²) in [5.41, 5.74) is 0. The van der Waals surface area contributed by atoms with Crippen molar-refractivity contribution in [3.63, 3.8) is 0 Å². The zero-order chi connectivity index (χ0) is 14.8. The molecule has 0 N–H and O–H groups in total. The summed E-state index contributed by atoms with van der Waals surface area (Å²) in [6.45, 7) is 1.99. The summed E-state index contributed by atoms with van der Waals surface area (Å²) < 4.78 is 25.1. The van der Waals surface area contributed by atoms with Gasteiger partial charge in [0.15, 0.2) is 0 Å². The highest BCUT2D eigenvalue weighted by molar-refractivity contribution is 9.09. The second-order valence-electron chi connectivity index (χ2n) is 5.22. The average molecular weight is 362 g/mol. The zero-order valence-electron chi connectivity index (χ0n) is 11.8. The Morgan fingerprint density at radius 1 is 1.45 bits per heavy atom. The maximum atomic E-state index is 12.0. The summed E-state index contributed by atoms with van der Waals surface area (Å²) in [4.78, 5) is 6.77. The van der Waals surface area contributed by atoms with Gasteiger partial charge in [-0.25, -0.2) is 17.7 Å². The lowest BCUT2D eigenvalue weighted by Crippen LogP contribution is -2.23. The Morgan fingerprint density at radius 3 is 2.75 bits per heavy atom. The molecule has 5 nitrogen and oxygen atoms in total. The van der Waals surface area contributed by atoms with Crippen molar-refractivity contribution in [3.8, 4) is 0 Å². The maximum absolute atomic E-state index is 12.0. The molecule has 0 aliphatic carbocycles. The van der Waals surface area contributed by atoms with Crippen LogP contribution in [-0.4, -0.2) is 50.2 Å². The van der Waals surface area contributed by atoms with Crippen LogP contribution in [0.2, 0.25) is 0 Å². The second-order valence-corrected chi connectivity index (χ2v) is 8.16. The van der Waals surface area contributed by atoms with Crippen LogP contribution in [0.1, 0.15) is 12.8 Å². The van der Waals surface area contributed by atoms with E-state index in [1.165, 1.54) is 37.4 Å². The third-order valence-electron chi connectivity index (χ3n) is 3.63. The molecule has 1 aromatic heterocycles. The average Bonchev–Trinajstić information content (AvgIpc) is 2.88. The van der Waals surface area contributed by atoms with E-state index in [1.54, 1.807) is 12.1 Å². The number of alkyl halides is 1. The zero-order valence-corrected chi connectivity index (χ0v) is 14.2. The van der Waals surface area contributed by atoms with E-state index in [1.807, 2.05) is 0 Å². The fourth-order valence-electron chi connectivity index (χ4n) is 2.35. The van der Waals surface area contributed by atoms with E-state index >= 15 is 0 Å². The van der Waals surface area contributed by atoms with Gasteiger partial charge in [-0.2, -0.15) is 0 Å². The molecule has 20 heavy (non-hydrogen) atoms. The monoisotopic (exact) mass is 361 g/mol. The maximum Gasteiger partial charge on any atom is 0.244 e. The van der Waals surface area contributed by atoms with Crippen LogP contribution in [0.4, 0.5) is 5.82 Å². The fourth-order valence-corrected chi connectivity index (χ4v) is 3.85. The molecule has 0 radical (unpaired) electrons. The summed E-state index contributed by atoms with van der Waals surface area (Å²) in [5.74, 6) is 1.56. The first-order chi connectivity index (χ1) is 9.45. The Hall–Kier alpha value is -0.660. The standard InChI is InChI=1S/C13H20BrN3O2S/c1-16(2)20(18,19)12-3-4-13(15-9-12)17-8-6-11(10-17)5-7-14/h3-4,9,11H,5-8,10H2,1-2H3. The number of pyridine rings is 1. The molecule has 1 aliphatic heterocycles. The molecule has 7 heteroatoms. The van der Waals surface area contributed by atoms with Gasteiger partial charge in [-0.05, 0) is 30.9 Å². The molecule has 1 fully saturated rings. The van der Waals surface area contributed by atoms with Crippen LogP contribution in [0.15, 0.2) is 23.2 Å². The lowest BCUT2D eigenvalue weighted by molar-refractivity contribution is 0.520. The van der Waals surface area contributed by atoms with Crippen LogP contribution in [0.25, 0.3) is 0 Å². The van der Waals surface area contributed by atoms with Crippen LogP contribution in [-0.2, 0) is 10.0 Å². The molecule has 0 aromatic carbocycles. The Labute approximate surface area is 129 Å². The number of hydrogen-bond acceptors (Lipinski definition) is 4. The predicted octanol–water partition coefficient (Wildman–Crippen LogP) is 1.94. The summed E-state index contributed by atoms with van der Waals surface area (Å²) in [6, 6.07) is 3.43. The number of hydrogen-bond donors (Lipinski definition) is 0. The van der Waals surface area contributed by atoms with Gasteiger partial charge in [0.1, 0.15) is 10.7 Å². The highest BCUT2D eigenvalue weighted by Gasteiger charge is 2.24. The molecule has 1 unspecified atom stereocenters. The summed E-state index contributed by atoms with van der Waals surface area (Å²) >= 11 is 3.47. The minimum absolute atomic E-state index is 0.238. The van der Waals surface area contributed by atoms with Crippen molar-refractivity contribution in [1.82, 2.24) is 9.29 Å². The van der Waals surface area contributed by atoms with E-state index in [2.05, 4.69) is 25.8 Å². The minimum Gasteiger partial charge on any atom is -0.356 e. The number of rotatable bonds is 5. The molecule has 2 rings (SSSR count). The highest BCUT2D eigenvalue weighted by Crippen LogP contribution is 2.25. The first kappa shape index (κ1) is 15.7. The van der Waals surface area contributed by atoms with Gasteiger partial charge >= 0.3 is 0 Å². The Balaban J connectivity index is 2.10. The largest absolute Gasteiger partial charge is 0.356 e. The fraction of sp³-hybridized carbons (Fsp3) is 0.615. The van der Waals surface area contributed by atoms with E-state index in [9.17, 15) is 8.42 Å². The van der Waals surface area contributed by atoms with Gasteiger partial charge in [-0.15, -0.1) is 0 Å². The van der Waals surface area contributed by atoms with Gasteiger partial charge in [0.05, 0.1) is 0 Å². The summed E-state index contributed by atoms with van der Waals surface area (Å²) in [7, 11) is -0.346. The first-order valence-electron chi connectivity index (χ1n) is 6.64. The molecule has 0 spiro atoms. The predicted molar refractivity (Wildman–Crippen MR) is 83.8 cm³/mol. The molecular weight excluding hydrogens is 342 g/mol. The SMILES string of the molecule is CN(C)S(=O)(=O)c1ccc(N2CCC(CCBr)C2)nc1. The van der Waals surface area contributed by atoms with Crippen molar-refractivity contribution >= 4 is 31.8 Å². The molecule has 1 aliphatic rings. The molecule has 1 aromatic rings. The van der Waals surface area contributed by atoms with Gasteiger partial charge < -0.3 is 4.90 Å². The van der Waals surface area contributed by atoms with E-state index < -0.39 is 10.0 Å². The third-order valence-corrected chi connectivity index (χ3v) is 5.88. The van der Waals surface area contributed by atoms with Gasteiger partial charge in [0, 0.05) is 38.7 Å². The summed E-state index contributed by atoms with van der Waals surface area (Å²) in [6.07, 6.45) is 3.79. The quantitative estimate of drug-likeness (QED) is 0.752. The van der Waals surface area contributed by atoms with E-state index in [0.717, 1.165) is 24.2 Å². The Bertz CT molecular complexity index is 545. The van der Waals surface area contributed by atoms with Gasteiger partial charge in [0.2, 0.25) is 10.0 Å². The van der Waals surface area contributed by atoms with E-state index in [0.29, 0.717) is 5.92 Å². The van der Waals surface area contributed by atoms with Crippen molar-refractivity contribution in [2.75, 3.05) is 37.4 Å². The van der Waals surface area contributed by atoms with Crippen molar-refractivity contribution in [1.29, 1.82) is 0 Å². The topological polar surface area (TPSA) is 53.5 Å². The normalized spacial score (nSPS) is 19.8. The molecule has 0 amide bonds. The molecule has 1 atom stereocenters. The van der Waals surface area contributed by atoms with Crippen molar-refractivity contribution < 1.29 is 8.42 Å². The Kier molecular flexibility index (Phi) is 5.04. The number of nitrogens with zero attached hydrogens (tertiary/aromatic N) is 3. The molecule has 0 saturated carbocycles. The van der Waals surface area contributed by atoms with E-state index in [-0.39, 0.29) is 4.90 Å². The molecular formula is C13H20BrN3O2S. The van der Waals surface area contributed by atoms with Gasteiger partial charge in [-0.3, -0.25) is 0 Å². The Morgan fingerprint density at radius 2 is 2.20 bits per heavy atom. The molecule has 2 heterocycles. The molecule has 1 saturated heterocycles. The van der Waals surface area contributed by atoms with Crippen LogP contribution in [0.3, 0.4) is 0 Å². The lowest BCUT2D eigenvalue weighted by Gasteiger charge is -2.18. The molecule has 0 bridgehead atoms.